The predicted molar refractivity (Wildman–Crippen MR) is 82.6 cm³/mol. The molecule has 108 valence electrons. The highest BCUT2D eigenvalue weighted by atomic mass is 35.5. The second-order valence-corrected chi connectivity index (χ2v) is 5.07. The van der Waals surface area contributed by atoms with E-state index in [-0.39, 0.29) is 6.61 Å². The molecule has 3 rings (SSSR count). The summed E-state index contributed by atoms with van der Waals surface area (Å²) >= 11 is 5.84. The van der Waals surface area contributed by atoms with Crippen LogP contribution >= 0.6 is 11.6 Å². The monoisotopic (exact) mass is 302 g/mol. The maximum Gasteiger partial charge on any atom is 0.135 e. The van der Waals surface area contributed by atoms with Crippen molar-refractivity contribution in [3.8, 4) is 5.75 Å². The van der Waals surface area contributed by atoms with Gasteiger partial charge < -0.3 is 14.4 Å². The lowest BCUT2D eigenvalue weighted by Crippen LogP contribution is -2.11. The molecule has 0 saturated heterocycles. The molecule has 0 saturated carbocycles. The first-order chi connectivity index (χ1) is 10.3. The summed E-state index contributed by atoms with van der Waals surface area (Å²) < 4.78 is 7.67. The number of benzene rings is 2. The third-order valence-electron chi connectivity index (χ3n) is 3.27. The molecular weight excluding hydrogens is 288 g/mol. The van der Waals surface area contributed by atoms with Crippen molar-refractivity contribution in [2.45, 2.75) is 13.2 Å². The Hall–Kier alpha value is -2.04. The number of aromatic nitrogens is 2. The molecule has 2 aromatic carbocycles. The minimum atomic E-state index is -0.0877. The molecule has 0 aliphatic rings. The van der Waals surface area contributed by atoms with Crippen LogP contribution in [0.5, 0.6) is 5.75 Å². The van der Waals surface area contributed by atoms with Crippen molar-refractivity contribution in [2.75, 3.05) is 6.61 Å². The minimum Gasteiger partial charge on any atom is -0.492 e. The number of halogens is 1. The smallest absolute Gasteiger partial charge is 0.135 e. The van der Waals surface area contributed by atoms with Crippen molar-refractivity contribution < 1.29 is 9.84 Å². The molecule has 5 heteroatoms. The van der Waals surface area contributed by atoms with Crippen molar-refractivity contribution >= 4 is 22.6 Å². The van der Waals surface area contributed by atoms with Crippen LogP contribution in [0.3, 0.4) is 0 Å². The van der Waals surface area contributed by atoms with Crippen LogP contribution in [0.4, 0.5) is 0 Å². The van der Waals surface area contributed by atoms with E-state index in [0.29, 0.717) is 24.0 Å². The number of ether oxygens (including phenoxy) is 1. The van der Waals surface area contributed by atoms with Crippen LogP contribution in [0.15, 0.2) is 48.5 Å². The molecule has 1 aromatic heterocycles. The Kier molecular flexibility index (Phi) is 4.08. The predicted octanol–water partition coefficient (Wildman–Crippen LogP) is 3.26. The van der Waals surface area contributed by atoms with Crippen molar-refractivity contribution in [1.82, 2.24) is 9.55 Å². The van der Waals surface area contributed by atoms with Gasteiger partial charge in [0.2, 0.25) is 0 Å². The van der Waals surface area contributed by atoms with E-state index in [9.17, 15) is 5.11 Å². The fourth-order valence-electron chi connectivity index (χ4n) is 2.28. The largest absolute Gasteiger partial charge is 0.492 e. The van der Waals surface area contributed by atoms with Gasteiger partial charge in [0.05, 0.1) is 17.6 Å². The van der Waals surface area contributed by atoms with Gasteiger partial charge in [0.15, 0.2) is 0 Å². The van der Waals surface area contributed by atoms with Gasteiger partial charge in [-0.3, -0.25) is 0 Å². The zero-order valence-corrected chi connectivity index (χ0v) is 12.1. The van der Waals surface area contributed by atoms with E-state index in [2.05, 4.69) is 4.98 Å². The van der Waals surface area contributed by atoms with Crippen LogP contribution in [0, 0.1) is 0 Å². The van der Waals surface area contributed by atoms with Gasteiger partial charge in [-0.25, -0.2) is 4.98 Å². The molecule has 0 radical (unpaired) electrons. The van der Waals surface area contributed by atoms with Crippen LogP contribution < -0.4 is 4.74 Å². The Morgan fingerprint density at radius 1 is 1.10 bits per heavy atom. The summed E-state index contributed by atoms with van der Waals surface area (Å²) in [6.45, 7) is 1.03. The lowest BCUT2D eigenvalue weighted by Gasteiger charge is -2.10. The third-order valence-corrected chi connectivity index (χ3v) is 3.52. The van der Waals surface area contributed by atoms with Gasteiger partial charge in [-0.15, -0.1) is 0 Å². The van der Waals surface area contributed by atoms with Crippen molar-refractivity contribution in [2.24, 2.45) is 0 Å². The topological polar surface area (TPSA) is 47.3 Å². The fourth-order valence-corrected chi connectivity index (χ4v) is 2.41. The third kappa shape index (κ3) is 3.01. The first-order valence-corrected chi connectivity index (χ1v) is 7.09. The summed E-state index contributed by atoms with van der Waals surface area (Å²) in [7, 11) is 0. The zero-order chi connectivity index (χ0) is 14.7. The molecule has 0 atom stereocenters. The Labute approximate surface area is 127 Å². The molecule has 0 spiro atoms. The molecule has 0 amide bonds. The van der Waals surface area contributed by atoms with Crippen LogP contribution in [0.2, 0.25) is 5.02 Å². The summed E-state index contributed by atoms with van der Waals surface area (Å²) in [6.07, 6.45) is 0. The summed E-state index contributed by atoms with van der Waals surface area (Å²) in [6, 6.07) is 15.1. The van der Waals surface area contributed by atoms with E-state index in [1.54, 1.807) is 12.1 Å². The maximum absolute atomic E-state index is 9.43. The summed E-state index contributed by atoms with van der Waals surface area (Å²) in [5.41, 5.74) is 1.88. The second kappa shape index (κ2) is 6.16. The lowest BCUT2D eigenvalue weighted by molar-refractivity contribution is 0.255. The summed E-state index contributed by atoms with van der Waals surface area (Å²) in [5.74, 6) is 1.42. The van der Waals surface area contributed by atoms with Gasteiger partial charge in [-0.1, -0.05) is 23.7 Å². The van der Waals surface area contributed by atoms with Crippen molar-refractivity contribution in [3.63, 3.8) is 0 Å². The van der Waals surface area contributed by atoms with Crippen LogP contribution in [-0.4, -0.2) is 21.3 Å². The average Bonchev–Trinajstić information content (AvgIpc) is 2.87. The quantitative estimate of drug-likeness (QED) is 0.787. The number of nitrogens with zero attached hydrogens (tertiary/aromatic N) is 2. The molecule has 1 N–H and O–H groups in total. The lowest BCUT2D eigenvalue weighted by atomic mass is 10.3. The summed E-state index contributed by atoms with van der Waals surface area (Å²) in [4.78, 5) is 4.41. The Morgan fingerprint density at radius 2 is 1.86 bits per heavy atom. The number of fused-ring (bicyclic) bond motifs is 1. The molecule has 0 aliphatic carbocycles. The first kappa shape index (κ1) is 13.9. The van der Waals surface area contributed by atoms with E-state index >= 15 is 0 Å². The number of rotatable bonds is 5. The van der Waals surface area contributed by atoms with E-state index in [0.717, 1.165) is 16.8 Å². The highest BCUT2D eigenvalue weighted by Gasteiger charge is 2.09. The number of hydrogen-bond acceptors (Lipinski definition) is 3. The molecule has 0 fully saturated rings. The maximum atomic E-state index is 9.43. The van der Waals surface area contributed by atoms with Gasteiger partial charge in [0.25, 0.3) is 0 Å². The van der Waals surface area contributed by atoms with Crippen LogP contribution in [0.25, 0.3) is 11.0 Å². The molecule has 0 aliphatic heterocycles. The van der Waals surface area contributed by atoms with Crippen LogP contribution in [0.1, 0.15) is 5.82 Å². The number of para-hydroxylation sites is 2. The standard InChI is InChI=1S/C16H15ClN2O2/c17-12-5-7-13(8-6-12)21-10-9-19-15-4-2-1-3-14(15)18-16(19)11-20/h1-8,20H,9-11H2. The zero-order valence-electron chi connectivity index (χ0n) is 11.4. The Morgan fingerprint density at radius 3 is 2.62 bits per heavy atom. The Bertz CT molecular complexity index is 738. The Balaban J connectivity index is 1.74. The molecule has 21 heavy (non-hydrogen) atoms. The number of imidazole rings is 1. The van der Waals surface area contributed by atoms with Crippen LogP contribution in [-0.2, 0) is 13.2 Å². The number of aliphatic hydroxyl groups is 1. The molecule has 4 nitrogen and oxygen atoms in total. The highest BCUT2D eigenvalue weighted by molar-refractivity contribution is 6.30. The van der Waals surface area contributed by atoms with Gasteiger partial charge in [-0.05, 0) is 36.4 Å². The number of aliphatic hydroxyl groups excluding tert-OH is 1. The molecular formula is C16H15ClN2O2. The van der Waals surface area contributed by atoms with Gasteiger partial charge in [-0.2, -0.15) is 0 Å². The molecule has 3 aromatic rings. The molecule has 0 unspecified atom stereocenters. The first-order valence-electron chi connectivity index (χ1n) is 6.71. The fraction of sp³-hybridized carbons (Fsp3) is 0.188. The second-order valence-electron chi connectivity index (χ2n) is 4.63. The van der Waals surface area contributed by atoms with Gasteiger partial charge >= 0.3 is 0 Å². The molecule has 1 heterocycles. The van der Waals surface area contributed by atoms with Gasteiger partial charge in [0.1, 0.15) is 24.8 Å². The van der Waals surface area contributed by atoms with Crippen molar-refractivity contribution in [3.05, 3.63) is 59.4 Å². The van der Waals surface area contributed by atoms with Crippen molar-refractivity contribution in [1.29, 1.82) is 0 Å². The van der Waals surface area contributed by atoms with E-state index in [1.165, 1.54) is 0 Å². The summed E-state index contributed by atoms with van der Waals surface area (Å²) in [5, 5.41) is 10.1. The SMILES string of the molecule is OCc1nc2ccccc2n1CCOc1ccc(Cl)cc1. The number of hydrogen-bond donors (Lipinski definition) is 1. The normalized spacial score (nSPS) is 11.0. The highest BCUT2D eigenvalue weighted by Crippen LogP contribution is 2.18. The minimum absolute atomic E-state index is 0.0877. The van der Waals surface area contributed by atoms with E-state index < -0.39 is 0 Å². The van der Waals surface area contributed by atoms with E-state index in [1.807, 2.05) is 41.0 Å². The molecule has 0 bridgehead atoms. The average molecular weight is 303 g/mol. The van der Waals surface area contributed by atoms with E-state index in [4.69, 9.17) is 16.3 Å². The van der Waals surface area contributed by atoms with Gasteiger partial charge in [0, 0.05) is 5.02 Å².